The van der Waals surface area contributed by atoms with Gasteiger partial charge in [-0.1, -0.05) is 6.92 Å². The van der Waals surface area contributed by atoms with Gasteiger partial charge in [0, 0.05) is 11.4 Å². The van der Waals surface area contributed by atoms with Gasteiger partial charge in [-0.05, 0) is 6.42 Å². The number of hydrogen-bond donors (Lipinski definition) is 2. The van der Waals surface area contributed by atoms with E-state index in [9.17, 15) is 4.79 Å². The fourth-order valence-electron chi connectivity index (χ4n) is 1.25. The molecule has 1 aromatic rings. The fourth-order valence-corrected chi connectivity index (χ4v) is 1.82. The second kappa shape index (κ2) is 6.08. The van der Waals surface area contributed by atoms with Crippen molar-refractivity contribution in [3.63, 3.8) is 0 Å². The first-order chi connectivity index (χ1) is 7.65. The number of hydrogen-bond acceptors (Lipinski definition) is 5. The maximum Gasteiger partial charge on any atom is 0.226 e. The van der Waals surface area contributed by atoms with Crippen molar-refractivity contribution in [3.05, 3.63) is 11.1 Å². The molecule has 3 N–H and O–H groups in total. The minimum absolute atomic E-state index is 0.0755. The number of carbonyl (C=O) groups is 1. The van der Waals surface area contributed by atoms with E-state index in [-0.39, 0.29) is 18.4 Å². The normalized spacial score (nSPS) is 11.8. The number of nitrogen functional groups attached to an aromatic ring is 1. The van der Waals surface area contributed by atoms with E-state index in [0.717, 1.165) is 6.42 Å². The Kier molecular flexibility index (Phi) is 4.73. The molecule has 1 rings (SSSR count). The Bertz CT molecular complexity index is 396. The molecule has 0 aromatic carbocycles. The Morgan fingerprint density at radius 1 is 1.81 bits per heavy atom. The molecule has 0 radical (unpaired) electrons. The molecular formula is C10H14N4OS. The van der Waals surface area contributed by atoms with Crippen molar-refractivity contribution in [2.24, 2.45) is 0 Å². The first kappa shape index (κ1) is 12.5. The first-order valence-electron chi connectivity index (χ1n) is 5.02. The van der Waals surface area contributed by atoms with E-state index in [1.165, 1.54) is 11.3 Å². The second-order valence-corrected chi connectivity index (χ2v) is 4.28. The molecule has 0 fully saturated rings. The summed E-state index contributed by atoms with van der Waals surface area (Å²) < 4.78 is 0. The SMILES string of the molecule is CCC(CC#N)NC(=O)Cc1csc(N)n1. The second-order valence-electron chi connectivity index (χ2n) is 3.39. The van der Waals surface area contributed by atoms with Crippen LogP contribution < -0.4 is 11.1 Å². The Morgan fingerprint density at radius 2 is 2.56 bits per heavy atom. The summed E-state index contributed by atoms with van der Waals surface area (Å²) in [5.74, 6) is -0.118. The number of aromatic nitrogens is 1. The van der Waals surface area contributed by atoms with Gasteiger partial charge in [0.05, 0.1) is 24.6 Å². The molecule has 1 unspecified atom stereocenters. The van der Waals surface area contributed by atoms with Crippen LogP contribution in [0.5, 0.6) is 0 Å². The minimum atomic E-state index is -0.118. The molecular weight excluding hydrogens is 224 g/mol. The largest absolute Gasteiger partial charge is 0.375 e. The van der Waals surface area contributed by atoms with Gasteiger partial charge < -0.3 is 11.1 Å². The highest BCUT2D eigenvalue weighted by molar-refractivity contribution is 7.13. The van der Waals surface area contributed by atoms with Gasteiger partial charge in [-0.25, -0.2) is 4.98 Å². The Labute approximate surface area is 98.3 Å². The number of nitriles is 1. The molecule has 86 valence electrons. The zero-order valence-corrected chi connectivity index (χ0v) is 9.88. The Hall–Kier alpha value is -1.61. The zero-order chi connectivity index (χ0) is 12.0. The molecule has 1 heterocycles. The van der Waals surface area contributed by atoms with Crippen molar-refractivity contribution in [1.82, 2.24) is 10.3 Å². The lowest BCUT2D eigenvalue weighted by Gasteiger charge is -2.12. The molecule has 0 spiro atoms. The molecule has 16 heavy (non-hydrogen) atoms. The van der Waals surface area contributed by atoms with E-state index >= 15 is 0 Å². The van der Waals surface area contributed by atoms with Crippen LogP contribution in [0.2, 0.25) is 0 Å². The summed E-state index contributed by atoms with van der Waals surface area (Å²) in [6, 6.07) is 1.97. The first-order valence-corrected chi connectivity index (χ1v) is 5.89. The number of thiazole rings is 1. The van der Waals surface area contributed by atoms with E-state index in [0.29, 0.717) is 17.2 Å². The van der Waals surface area contributed by atoms with Crippen LogP contribution in [0.15, 0.2) is 5.38 Å². The molecule has 6 heteroatoms. The van der Waals surface area contributed by atoms with E-state index < -0.39 is 0 Å². The van der Waals surface area contributed by atoms with Crippen LogP contribution in [0, 0.1) is 11.3 Å². The molecule has 5 nitrogen and oxygen atoms in total. The predicted molar refractivity (Wildman–Crippen MR) is 62.7 cm³/mol. The van der Waals surface area contributed by atoms with Gasteiger partial charge in [-0.2, -0.15) is 5.26 Å². The molecule has 0 aliphatic heterocycles. The summed E-state index contributed by atoms with van der Waals surface area (Å²) in [7, 11) is 0. The smallest absolute Gasteiger partial charge is 0.226 e. The molecule has 1 amide bonds. The molecule has 1 atom stereocenters. The van der Waals surface area contributed by atoms with Gasteiger partial charge in [0.15, 0.2) is 5.13 Å². The Morgan fingerprint density at radius 3 is 3.06 bits per heavy atom. The standard InChI is InChI=1S/C10H14N4OS/c1-2-7(3-4-11)13-9(15)5-8-6-16-10(12)14-8/h6-7H,2-3,5H2,1H3,(H2,12,14)(H,13,15). The van der Waals surface area contributed by atoms with Gasteiger partial charge in [-0.15, -0.1) is 11.3 Å². The number of rotatable bonds is 5. The monoisotopic (exact) mass is 238 g/mol. The number of nitrogens with two attached hydrogens (primary N) is 1. The summed E-state index contributed by atoms with van der Waals surface area (Å²) >= 11 is 1.32. The van der Waals surface area contributed by atoms with Gasteiger partial charge in [0.25, 0.3) is 0 Å². The Balaban J connectivity index is 2.44. The maximum atomic E-state index is 11.6. The van der Waals surface area contributed by atoms with Crippen LogP contribution in [0.4, 0.5) is 5.13 Å². The van der Waals surface area contributed by atoms with Crippen LogP contribution in [0.25, 0.3) is 0 Å². The van der Waals surface area contributed by atoms with Crippen molar-refractivity contribution in [2.75, 3.05) is 5.73 Å². The van der Waals surface area contributed by atoms with E-state index in [4.69, 9.17) is 11.0 Å². The van der Waals surface area contributed by atoms with Crippen LogP contribution in [-0.2, 0) is 11.2 Å². The summed E-state index contributed by atoms with van der Waals surface area (Å²) in [5, 5.41) is 13.6. The lowest BCUT2D eigenvalue weighted by Crippen LogP contribution is -2.35. The van der Waals surface area contributed by atoms with Crippen LogP contribution in [0.1, 0.15) is 25.5 Å². The summed E-state index contributed by atoms with van der Waals surface area (Å²) in [5.41, 5.74) is 6.14. The van der Waals surface area contributed by atoms with Crippen LogP contribution >= 0.6 is 11.3 Å². The number of anilines is 1. The maximum absolute atomic E-state index is 11.6. The fraction of sp³-hybridized carbons (Fsp3) is 0.500. The average molecular weight is 238 g/mol. The van der Waals surface area contributed by atoms with Crippen molar-refractivity contribution in [2.45, 2.75) is 32.2 Å². The number of nitrogens with zero attached hydrogens (tertiary/aromatic N) is 2. The molecule has 0 bridgehead atoms. The molecule has 1 aromatic heterocycles. The van der Waals surface area contributed by atoms with Crippen LogP contribution in [0.3, 0.4) is 0 Å². The molecule has 0 saturated heterocycles. The highest BCUT2D eigenvalue weighted by Gasteiger charge is 2.11. The number of amides is 1. The predicted octanol–water partition coefficient (Wildman–Crippen LogP) is 1.08. The molecule has 0 saturated carbocycles. The van der Waals surface area contributed by atoms with Crippen LogP contribution in [-0.4, -0.2) is 16.9 Å². The van der Waals surface area contributed by atoms with Gasteiger partial charge in [-0.3, -0.25) is 4.79 Å². The van der Waals surface area contributed by atoms with Gasteiger partial charge in [0.1, 0.15) is 0 Å². The third-order valence-electron chi connectivity index (χ3n) is 2.11. The minimum Gasteiger partial charge on any atom is -0.375 e. The molecule has 0 aliphatic carbocycles. The average Bonchev–Trinajstić information content (AvgIpc) is 2.63. The summed E-state index contributed by atoms with van der Waals surface area (Å²) in [6.45, 7) is 1.93. The lowest BCUT2D eigenvalue weighted by molar-refractivity contribution is -0.121. The summed E-state index contributed by atoms with van der Waals surface area (Å²) in [4.78, 5) is 15.6. The lowest BCUT2D eigenvalue weighted by atomic mass is 10.1. The van der Waals surface area contributed by atoms with E-state index in [1.807, 2.05) is 13.0 Å². The van der Waals surface area contributed by atoms with Gasteiger partial charge >= 0.3 is 0 Å². The van der Waals surface area contributed by atoms with E-state index in [2.05, 4.69) is 10.3 Å². The summed E-state index contributed by atoms with van der Waals surface area (Å²) in [6.07, 6.45) is 1.30. The highest BCUT2D eigenvalue weighted by atomic mass is 32.1. The van der Waals surface area contributed by atoms with Gasteiger partial charge in [0.2, 0.25) is 5.91 Å². The highest BCUT2D eigenvalue weighted by Crippen LogP contribution is 2.11. The topological polar surface area (TPSA) is 91.8 Å². The van der Waals surface area contributed by atoms with Crippen molar-refractivity contribution in [1.29, 1.82) is 5.26 Å². The molecule has 0 aliphatic rings. The quantitative estimate of drug-likeness (QED) is 0.802. The van der Waals surface area contributed by atoms with Crippen molar-refractivity contribution < 1.29 is 4.79 Å². The third kappa shape index (κ3) is 3.87. The number of nitrogens with one attached hydrogen (secondary N) is 1. The number of carbonyl (C=O) groups excluding carboxylic acids is 1. The van der Waals surface area contributed by atoms with Crippen molar-refractivity contribution >= 4 is 22.4 Å². The zero-order valence-electron chi connectivity index (χ0n) is 9.06. The van der Waals surface area contributed by atoms with Crippen molar-refractivity contribution in [3.8, 4) is 6.07 Å². The van der Waals surface area contributed by atoms with E-state index in [1.54, 1.807) is 5.38 Å². The third-order valence-corrected chi connectivity index (χ3v) is 2.83.